The van der Waals surface area contributed by atoms with Gasteiger partial charge in [0.1, 0.15) is 5.82 Å². The van der Waals surface area contributed by atoms with E-state index >= 15 is 0 Å². The van der Waals surface area contributed by atoms with Gasteiger partial charge in [-0.2, -0.15) is 0 Å². The average Bonchev–Trinajstić information content (AvgIpc) is 2.84. The molecule has 0 saturated heterocycles. The minimum atomic E-state index is -0.417. The number of carbonyl (C=O) groups is 1. The van der Waals surface area contributed by atoms with E-state index in [1.807, 2.05) is 54.6 Å². The zero-order valence-corrected chi connectivity index (χ0v) is 15.0. The standard InChI is InChI=1S/C23H17N3O2/c27-22-17-11-5-7-13-20(17)26-21(19(25-22)14-15-8-2-1-3-9-15)24-18-12-6-4-10-16(18)23(26)28/h1-13,19H,14H2,(H,25,27)/t19-/m1/s1. The summed E-state index contributed by atoms with van der Waals surface area (Å²) in [6, 6.07) is 23.9. The molecule has 0 aliphatic carbocycles. The van der Waals surface area contributed by atoms with Crippen LogP contribution in [0.15, 0.2) is 83.7 Å². The molecule has 3 aromatic carbocycles. The van der Waals surface area contributed by atoms with Crippen molar-refractivity contribution in [1.82, 2.24) is 14.9 Å². The van der Waals surface area contributed by atoms with Crippen LogP contribution in [0.4, 0.5) is 0 Å². The van der Waals surface area contributed by atoms with Gasteiger partial charge in [0.15, 0.2) is 0 Å². The number of carbonyl (C=O) groups excluding carboxylic acids is 1. The molecule has 0 saturated carbocycles. The first kappa shape index (κ1) is 16.4. The number of hydrogen-bond acceptors (Lipinski definition) is 3. The van der Waals surface area contributed by atoms with E-state index in [0.29, 0.717) is 34.4 Å². The zero-order valence-electron chi connectivity index (χ0n) is 15.0. The number of hydrogen-bond donors (Lipinski definition) is 1. The summed E-state index contributed by atoms with van der Waals surface area (Å²) in [6.45, 7) is 0. The molecule has 1 atom stereocenters. The second kappa shape index (κ2) is 6.46. The van der Waals surface area contributed by atoms with Crippen molar-refractivity contribution < 1.29 is 4.79 Å². The number of nitrogens with zero attached hydrogens (tertiary/aromatic N) is 2. The molecule has 1 amide bonds. The maximum atomic E-state index is 13.4. The lowest BCUT2D eigenvalue weighted by Crippen LogP contribution is -2.31. The summed E-state index contributed by atoms with van der Waals surface area (Å²) in [7, 11) is 0. The Morgan fingerprint density at radius 2 is 1.57 bits per heavy atom. The number of aromatic nitrogens is 2. The summed E-state index contributed by atoms with van der Waals surface area (Å²) in [6.07, 6.45) is 0.547. The lowest BCUT2D eigenvalue weighted by atomic mass is 10.0. The fourth-order valence-corrected chi connectivity index (χ4v) is 3.77. The molecule has 1 aliphatic rings. The van der Waals surface area contributed by atoms with Crippen LogP contribution in [0.1, 0.15) is 27.8 Å². The highest BCUT2D eigenvalue weighted by Crippen LogP contribution is 2.26. The van der Waals surface area contributed by atoms with Crippen LogP contribution in [0.3, 0.4) is 0 Å². The number of amides is 1. The zero-order chi connectivity index (χ0) is 19.1. The van der Waals surface area contributed by atoms with Gasteiger partial charge >= 0.3 is 0 Å². The van der Waals surface area contributed by atoms with Gasteiger partial charge in [0.2, 0.25) is 0 Å². The van der Waals surface area contributed by atoms with Crippen LogP contribution in [0.2, 0.25) is 0 Å². The molecule has 5 nitrogen and oxygen atoms in total. The second-order valence-corrected chi connectivity index (χ2v) is 6.86. The first-order valence-electron chi connectivity index (χ1n) is 9.18. The van der Waals surface area contributed by atoms with Crippen LogP contribution in [0.5, 0.6) is 0 Å². The minimum Gasteiger partial charge on any atom is -0.342 e. The smallest absolute Gasteiger partial charge is 0.266 e. The maximum absolute atomic E-state index is 13.4. The van der Waals surface area contributed by atoms with Crippen molar-refractivity contribution in [3.8, 4) is 5.69 Å². The third-order valence-corrected chi connectivity index (χ3v) is 5.09. The van der Waals surface area contributed by atoms with Gasteiger partial charge in [-0.3, -0.25) is 14.2 Å². The SMILES string of the molecule is O=C1N[C@H](Cc2ccccc2)c2nc3ccccc3c(=O)n2-c2ccccc21. The first-order chi connectivity index (χ1) is 13.7. The van der Waals surface area contributed by atoms with E-state index in [9.17, 15) is 9.59 Å². The third-order valence-electron chi connectivity index (χ3n) is 5.09. The van der Waals surface area contributed by atoms with E-state index < -0.39 is 6.04 Å². The van der Waals surface area contributed by atoms with E-state index in [0.717, 1.165) is 5.56 Å². The van der Waals surface area contributed by atoms with Crippen LogP contribution in [0, 0.1) is 0 Å². The van der Waals surface area contributed by atoms with Crippen molar-refractivity contribution in [2.75, 3.05) is 0 Å². The predicted octanol–water partition coefficient (Wildman–Crippen LogP) is 3.41. The Hall–Kier alpha value is -3.73. The van der Waals surface area contributed by atoms with Gasteiger partial charge in [0.25, 0.3) is 11.5 Å². The fourth-order valence-electron chi connectivity index (χ4n) is 3.77. The molecule has 1 aliphatic heterocycles. The highest BCUT2D eigenvalue weighted by Gasteiger charge is 2.29. The first-order valence-corrected chi connectivity index (χ1v) is 9.18. The van der Waals surface area contributed by atoms with Gasteiger partial charge < -0.3 is 5.32 Å². The summed E-state index contributed by atoms with van der Waals surface area (Å²) in [5.41, 5.74) is 2.56. The number of benzene rings is 3. The lowest BCUT2D eigenvalue weighted by molar-refractivity contribution is 0.0938. The second-order valence-electron chi connectivity index (χ2n) is 6.86. The van der Waals surface area contributed by atoms with Crippen molar-refractivity contribution in [1.29, 1.82) is 0 Å². The highest BCUT2D eigenvalue weighted by molar-refractivity contribution is 5.98. The minimum absolute atomic E-state index is 0.164. The Labute approximate surface area is 161 Å². The Kier molecular flexibility index (Phi) is 3.79. The summed E-state index contributed by atoms with van der Waals surface area (Å²) >= 11 is 0. The lowest BCUT2D eigenvalue weighted by Gasteiger charge is -2.19. The Morgan fingerprint density at radius 3 is 2.43 bits per heavy atom. The van der Waals surface area contributed by atoms with Crippen LogP contribution in [-0.2, 0) is 6.42 Å². The number of para-hydroxylation sites is 2. The summed E-state index contributed by atoms with van der Waals surface area (Å²) < 4.78 is 1.59. The molecule has 136 valence electrons. The molecule has 4 aromatic rings. The quantitative estimate of drug-likeness (QED) is 0.590. The molecule has 1 aromatic heterocycles. The summed E-state index contributed by atoms with van der Waals surface area (Å²) in [5, 5.41) is 3.61. The van der Waals surface area contributed by atoms with E-state index in [4.69, 9.17) is 4.98 Å². The number of nitrogens with one attached hydrogen (secondary N) is 1. The molecule has 1 N–H and O–H groups in total. The van der Waals surface area contributed by atoms with Crippen LogP contribution < -0.4 is 10.9 Å². The van der Waals surface area contributed by atoms with Crippen molar-refractivity contribution in [2.45, 2.75) is 12.5 Å². The van der Waals surface area contributed by atoms with Crippen molar-refractivity contribution in [3.63, 3.8) is 0 Å². The van der Waals surface area contributed by atoms with Gasteiger partial charge in [-0.15, -0.1) is 0 Å². The maximum Gasteiger partial charge on any atom is 0.266 e. The van der Waals surface area contributed by atoms with E-state index in [2.05, 4.69) is 5.32 Å². The molecule has 5 heteroatoms. The average molecular weight is 367 g/mol. The Balaban J connectivity index is 1.80. The van der Waals surface area contributed by atoms with E-state index in [1.165, 1.54) is 0 Å². The molecular formula is C23H17N3O2. The van der Waals surface area contributed by atoms with Crippen LogP contribution >= 0.6 is 0 Å². The van der Waals surface area contributed by atoms with Crippen molar-refractivity contribution in [2.24, 2.45) is 0 Å². The Morgan fingerprint density at radius 1 is 0.857 bits per heavy atom. The molecule has 0 fully saturated rings. The predicted molar refractivity (Wildman–Crippen MR) is 108 cm³/mol. The molecule has 0 unspecified atom stereocenters. The topological polar surface area (TPSA) is 64.0 Å². The van der Waals surface area contributed by atoms with Gasteiger partial charge in [-0.1, -0.05) is 54.6 Å². The third kappa shape index (κ3) is 2.60. The normalized spacial score (nSPS) is 15.4. The van der Waals surface area contributed by atoms with Gasteiger partial charge in [-0.25, -0.2) is 4.98 Å². The molecule has 0 bridgehead atoms. The van der Waals surface area contributed by atoms with Gasteiger partial charge in [0.05, 0.1) is 28.2 Å². The summed E-state index contributed by atoms with van der Waals surface area (Å²) in [5.74, 6) is 0.344. The van der Waals surface area contributed by atoms with Gasteiger partial charge in [0, 0.05) is 0 Å². The van der Waals surface area contributed by atoms with Crippen molar-refractivity contribution in [3.05, 3.63) is 106 Å². The molecule has 0 radical (unpaired) electrons. The molecular weight excluding hydrogens is 350 g/mol. The van der Waals surface area contributed by atoms with Gasteiger partial charge in [-0.05, 0) is 36.2 Å². The van der Waals surface area contributed by atoms with Crippen molar-refractivity contribution >= 4 is 16.8 Å². The number of fused-ring (bicyclic) bond motifs is 4. The van der Waals surface area contributed by atoms with E-state index in [-0.39, 0.29) is 11.5 Å². The molecule has 5 rings (SSSR count). The molecule has 2 heterocycles. The van der Waals surface area contributed by atoms with Crippen LogP contribution in [-0.4, -0.2) is 15.5 Å². The monoisotopic (exact) mass is 367 g/mol. The Bertz CT molecular complexity index is 1260. The summed E-state index contributed by atoms with van der Waals surface area (Å²) in [4.78, 5) is 31.1. The highest BCUT2D eigenvalue weighted by atomic mass is 16.2. The molecule has 28 heavy (non-hydrogen) atoms. The van der Waals surface area contributed by atoms with Crippen LogP contribution in [0.25, 0.3) is 16.6 Å². The largest absolute Gasteiger partial charge is 0.342 e. The fraction of sp³-hybridized carbons (Fsp3) is 0.0870. The van der Waals surface area contributed by atoms with E-state index in [1.54, 1.807) is 28.8 Å². The molecule has 0 spiro atoms. The number of rotatable bonds is 2.